The highest BCUT2D eigenvalue weighted by Crippen LogP contribution is 2.33. The minimum absolute atomic E-state index is 0.0394. The van der Waals surface area contributed by atoms with E-state index in [4.69, 9.17) is 4.74 Å². The third kappa shape index (κ3) is 5.82. The van der Waals surface area contributed by atoms with Crippen LogP contribution in [-0.2, 0) is 22.3 Å². The highest BCUT2D eigenvalue weighted by Gasteiger charge is 2.38. The van der Waals surface area contributed by atoms with Crippen molar-refractivity contribution in [2.45, 2.75) is 32.5 Å². The Morgan fingerprint density at radius 3 is 2.49 bits per heavy atom. The zero-order chi connectivity index (χ0) is 25.0. The van der Waals surface area contributed by atoms with Gasteiger partial charge in [-0.3, -0.25) is 9.69 Å². The van der Waals surface area contributed by atoms with Gasteiger partial charge in [-0.05, 0) is 63.0 Å². The first-order valence-electron chi connectivity index (χ1n) is 11.6. The van der Waals surface area contributed by atoms with Crippen LogP contribution in [0.1, 0.15) is 35.9 Å². The number of hydrogen-bond acceptors (Lipinski definition) is 5. The zero-order valence-electron chi connectivity index (χ0n) is 19.3. The molecule has 2 aromatic carbocycles. The quantitative estimate of drug-likeness (QED) is 0.493. The molecule has 2 heterocycles. The van der Waals surface area contributed by atoms with Gasteiger partial charge in [0, 0.05) is 6.54 Å². The van der Waals surface area contributed by atoms with Gasteiger partial charge < -0.3 is 14.6 Å². The number of carbonyl (C=O) groups is 2. The molecule has 10 heteroatoms. The van der Waals surface area contributed by atoms with Crippen LogP contribution in [0.25, 0.3) is 11.0 Å². The number of amides is 1. The lowest BCUT2D eigenvalue weighted by Crippen LogP contribution is -2.40. The summed E-state index contributed by atoms with van der Waals surface area (Å²) < 4.78 is 47.1. The molecule has 1 amide bonds. The number of anilines is 1. The number of ether oxygens (including phenoxy) is 1. The number of benzene rings is 2. The van der Waals surface area contributed by atoms with Crippen molar-refractivity contribution in [1.82, 2.24) is 14.5 Å². The van der Waals surface area contributed by atoms with Crippen LogP contribution >= 0.6 is 0 Å². The van der Waals surface area contributed by atoms with E-state index in [0.29, 0.717) is 42.7 Å². The second-order valence-corrected chi connectivity index (χ2v) is 8.57. The Labute approximate surface area is 200 Å². The molecule has 0 atom stereocenters. The Morgan fingerprint density at radius 1 is 1.09 bits per heavy atom. The Kier molecular flexibility index (Phi) is 7.39. The maximum Gasteiger partial charge on any atom is 0.449 e. The monoisotopic (exact) mass is 488 g/mol. The third-order valence-corrected chi connectivity index (χ3v) is 6.12. The number of rotatable bonds is 7. The highest BCUT2D eigenvalue weighted by atomic mass is 19.4. The van der Waals surface area contributed by atoms with Crippen molar-refractivity contribution in [3.05, 3.63) is 59.9 Å². The van der Waals surface area contributed by atoms with Crippen LogP contribution < -0.4 is 5.32 Å². The molecule has 0 saturated carbocycles. The Morgan fingerprint density at radius 2 is 1.77 bits per heavy atom. The van der Waals surface area contributed by atoms with Gasteiger partial charge in [-0.25, -0.2) is 9.78 Å². The summed E-state index contributed by atoms with van der Waals surface area (Å²) in [6.07, 6.45) is -3.20. The summed E-state index contributed by atoms with van der Waals surface area (Å²) in [4.78, 5) is 30.5. The number of imidazole rings is 1. The van der Waals surface area contributed by atoms with Crippen LogP contribution in [-0.4, -0.2) is 52.6 Å². The largest absolute Gasteiger partial charge is 0.462 e. The van der Waals surface area contributed by atoms with E-state index in [2.05, 4.69) is 10.3 Å². The number of esters is 1. The van der Waals surface area contributed by atoms with E-state index >= 15 is 0 Å². The van der Waals surface area contributed by atoms with Gasteiger partial charge in [-0.2, -0.15) is 13.2 Å². The molecule has 0 aliphatic carbocycles. The van der Waals surface area contributed by atoms with Gasteiger partial charge >= 0.3 is 12.1 Å². The van der Waals surface area contributed by atoms with E-state index in [1.807, 2.05) is 4.90 Å². The van der Waals surface area contributed by atoms with Crippen molar-refractivity contribution in [1.29, 1.82) is 0 Å². The molecule has 1 aliphatic rings. The second kappa shape index (κ2) is 10.5. The molecule has 1 fully saturated rings. The van der Waals surface area contributed by atoms with Crippen molar-refractivity contribution < 1.29 is 27.5 Å². The van der Waals surface area contributed by atoms with E-state index in [1.54, 1.807) is 55.5 Å². The predicted octanol–water partition coefficient (Wildman–Crippen LogP) is 4.58. The molecule has 1 saturated heterocycles. The van der Waals surface area contributed by atoms with E-state index in [1.165, 1.54) is 4.57 Å². The maximum atomic E-state index is 13.6. The third-order valence-electron chi connectivity index (χ3n) is 6.12. The Bertz CT molecular complexity index is 1200. The molecule has 4 rings (SSSR count). The molecular formula is C25H27F3N4O3. The fourth-order valence-electron chi connectivity index (χ4n) is 4.43. The number of hydrogen-bond donors (Lipinski definition) is 1. The number of aromatic nitrogens is 2. The number of nitrogens with one attached hydrogen (secondary N) is 1. The summed E-state index contributed by atoms with van der Waals surface area (Å²) in [6.45, 7) is 3.47. The Hall–Kier alpha value is -3.40. The van der Waals surface area contributed by atoms with Gasteiger partial charge in [-0.15, -0.1) is 0 Å². The van der Waals surface area contributed by atoms with Crippen LogP contribution in [0.5, 0.6) is 0 Å². The minimum atomic E-state index is -4.53. The van der Waals surface area contributed by atoms with Crippen LogP contribution in [0.3, 0.4) is 0 Å². The number of fused-ring (bicyclic) bond motifs is 1. The average molecular weight is 489 g/mol. The molecule has 0 spiro atoms. The van der Waals surface area contributed by atoms with E-state index in [9.17, 15) is 22.8 Å². The van der Waals surface area contributed by atoms with Gasteiger partial charge in [-0.1, -0.05) is 24.3 Å². The number of nitrogens with zero attached hydrogens (tertiary/aromatic N) is 3. The van der Waals surface area contributed by atoms with Gasteiger partial charge in [0.1, 0.15) is 0 Å². The molecule has 186 valence electrons. The molecule has 0 bridgehead atoms. The molecule has 1 aromatic heterocycles. The lowest BCUT2D eigenvalue weighted by atomic mass is 9.96. The number of carbonyl (C=O) groups excluding carboxylic acids is 2. The van der Waals surface area contributed by atoms with Crippen molar-refractivity contribution in [3.63, 3.8) is 0 Å². The fourth-order valence-corrected chi connectivity index (χ4v) is 4.43. The van der Waals surface area contributed by atoms with Crippen molar-refractivity contribution in [2.24, 2.45) is 5.92 Å². The summed E-state index contributed by atoms with van der Waals surface area (Å²) in [5.41, 5.74) is 1.48. The van der Waals surface area contributed by atoms with E-state index in [-0.39, 0.29) is 37.1 Å². The first-order valence-corrected chi connectivity index (χ1v) is 11.6. The van der Waals surface area contributed by atoms with Gasteiger partial charge in [0.2, 0.25) is 11.7 Å². The number of para-hydroxylation sites is 3. The summed E-state index contributed by atoms with van der Waals surface area (Å²) in [7, 11) is 0. The first kappa shape index (κ1) is 24.7. The Balaban J connectivity index is 1.35. The molecule has 35 heavy (non-hydrogen) atoms. The average Bonchev–Trinajstić information content (AvgIpc) is 3.20. The van der Waals surface area contributed by atoms with Crippen molar-refractivity contribution in [2.75, 3.05) is 31.6 Å². The SMILES string of the molecule is CCOC(=O)c1ccccc1NC(=O)CN1CCC(Cn2c(C(F)(F)F)nc3ccccc32)CC1. The minimum Gasteiger partial charge on any atom is -0.462 e. The number of likely N-dealkylation sites (tertiary alicyclic amines) is 1. The topological polar surface area (TPSA) is 76.5 Å². The number of alkyl halides is 3. The predicted molar refractivity (Wildman–Crippen MR) is 125 cm³/mol. The lowest BCUT2D eigenvalue weighted by molar-refractivity contribution is -0.147. The molecule has 0 unspecified atom stereocenters. The maximum absolute atomic E-state index is 13.6. The normalized spacial score (nSPS) is 15.3. The fraction of sp³-hybridized carbons (Fsp3) is 0.400. The summed E-state index contributed by atoms with van der Waals surface area (Å²) in [6, 6.07) is 13.3. The van der Waals surface area contributed by atoms with Crippen molar-refractivity contribution in [3.8, 4) is 0 Å². The van der Waals surface area contributed by atoms with Gasteiger partial charge in [0.15, 0.2) is 0 Å². The smallest absolute Gasteiger partial charge is 0.449 e. The van der Waals surface area contributed by atoms with E-state index < -0.39 is 18.0 Å². The van der Waals surface area contributed by atoms with Crippen LogP contribution in [0.15, 0.2) is 48.5 Å². The molecule has 0 radical (unpaired) electrons. The van der Waals surface area contributed by atoms with Crippen LogP contribution in [0.4, 0.5) is 18.9 Å². The lowest BCUT2D eigenvalue weighted by Gasteiger charge is -2.32. The van der Waals surface area contributed by atoms with Crippen LogP contribution in [0, 0.1) is 5.92 Å². The number of halogens is 3. The van der Waals surface area contributed by atoms with Crippen LogP contribution in [0.2, 0.25) is 0 Å². The second-order valence-electron chi connectivity index (χ2n) is 8.57. The number of piperidine rings is 1. The van der Waals surface area contributed by atoms with Crippen molar-refractivity contribution >= 4 is 28.6 Å². The first-order chi connectivity index (χ1) is 16.8. The highest BCUT2D eigenvalue weighted by molar-refractivity contribution is 6.01. The standard InChI is InChI=1S/C25H27F3N4O3/c1-2-35-23(34)18-7-3-4-8-19(18)29-22(33)16-31-13-11-17(12-14-31)15-32-21-10-6-5-9-20(21)30-24(32)25(26,27)28/h3-10,17H,2,11-16H2,1H3,(H,29,33). The summed E-state index contributed by atoms with van der Waals surface area (Å²) >= 11 is 0. The zero-order valence-corrected chi connectivity index (χ0v) is 19.3. The van der Waals surface area contributed by atoms with Gasteiger partial charge in [0.05, 0.1) is 35.4 Å². The molecule has 1 aliphatic heterocycles. The molecule has 3 aromatic rings. The molecular weight excluding hydrogens is 461 g/mol. The molecule has 1 N–H and O–H groups in total. The summed E-state index contributed by atoms with van der Waals surface area (Å²) in [5.74, 6) is -1.60. The summed E-state index contributed by atoms with van der Waals surface area (Å²) in [5, 5.41) is 2.77. The molecule has 7 nitrogen and oxygen atoms in total. The van der Waals surface area contributed by atoms with Gasteiger partial charge in [0.25, 0.3) is 0 Å². The van der Waals surface area contributed by atoms with E-state index in [0.717, 1.165) is 0 Å².